The number of amides is 2. The van der Waals surface area contributed by atoms with Crippen LogP contribution >= 0.6 is 0 Å². The van der Waals surface area contributed by atoms with E-state index in [0.717, 1.165) is 0 Å². The molecule has 0 saturated carbocycles. The fourth-order valence-electron chi connectivity index (χ4n) is 0.701. The van der Waals surface area contributed by atoms with Crippen molar-refractivity contribution in [1.82, 2.24) is 10.6 Å². The molecule has 0 aromatic heterocycles. The van der Waals surface area contributed by atoms with Gasteiger partial charge in [-0.2, -0.15) is 0 Å². The molecule has 0 aromatic rings. The first kappa shape index (κ1) is 11.5. The Morgan fingerprint density at radius 3 is 2.69 bits per heavy atom. The minimum absolute atomic E-state index is 0.329. The van der Waals surface area contributed by atoms with Crippen LogP contribution in [0.5, 0.6) is 0 Å². The highest BCUT2D eigenvalue weighted by Gasteiger charge is 2.13. The molecule has 0 spiro atoms. The zero-order valence-electron chi connectivity index (χ0n) is 7.54. The maximum absolute atomic E-state index is 11.1. The molecule has 0 fully saturated rings. The molecule has 5 heteroatoms. The summed E-state index contributed by atoms with van der Waals surface area (Å²) in [5, 5.41) is 12.9. The third-order valence-corrected chi connectivity index (χ3v) is 1.38. The highest BCUT2D eigenvalue weighted by atomic mass is 16.4. The smallest absolute Gasteiger partial charge is 0.405 e. The minimum atomic E-state index is -1.20. The zero-order valence-corrected chi connectivity index (χ0v) is 7.54. The predicted molar refractivity (Wildman–Crippen MR) is 48.4 cm³/mol. The average molecular weight is 186 g/mol. The summed E-state index contributed by atoms with van der Waals surface area (Å²) in [5.41, 5.74) is 0. The van der Waals surface area contributed by atoms with E-state index in [1.54, 1.807) is 6.08 Å². The molecule has 3 N–H and O–H groups in total. The van der Waals surface area contributed by atoms with E-state index in [1.807, 2.05) is 5.32 Å². The number of carbonyl (C=O) groups is 2. The Balaban J connectivity index is 3.69. The first-order chi connectivity index (χ1) is 6.07. The van der Waals surface area contributed by atoms with Crippen molar-refractivity contribution in [2.24, 2.45) is 0 Å². The molecule has 0 rings (SSSR count). The molecule has 0 aliphatic rings. The fraction of sp³-hybridized carbons (Fsp3) is 0.500. The molecule has 0 heterocycles. The van der Waals surface area contributed by atoms with Gasteiger partial charge in [0.05, 0.1) is 0 Å². The summed E-state index contributed by atoms with van der Waals surface area (Å²) >= 11 is 0. The van der Waals surface area contributed by atoms with Gasteiger partial charge in [-0.05, 0) is 13.3 Å². The quantitative estimate of drug-likeness (QED) is 0.428. The largest absolute Gasteiger partial charge is 0.465 e. The summed E-state index contributed by atoms with van der Waals surface area (Å²) in [4.78, 5) is 21.2. The van der Waals surface area contributed by atoms with Gasteiger partial charge in [0.25, 0.3) is 0 Å². The highest BCUT2D eigenvalue weighted by Crippen LogP contribution is 1.83. The molecule has 2 amide bonds. The fourth-order valence-corrected chi connectivity index (χ4v) is 0.701. The van der Waals surface area contributed by atoms with Gasteiger partial charge >= 0.3 is 6.09 Å². The van der Waals surface area contributed by atoms with E-state index in [9.17, 15) is 9.59 Å². The van der Waals surface area contributed by atoms with Crippen molar-refractivity contribution >= 4 is 12.0 Å². The van der Waals surface area contributed by atoms with Crippen molar-refractivity contribution in [3.8, 4) is 0 Å². The number of rotatable bonds is 5. The van der Waals surface area contributed by atoms with Gasteiger partial charge in [0, 0.05) is 6.54 Å². The minimum Gasteiger partial charge on any atom is -0.465 e. The molecule has 13 heavy (non-hydrogen) atoms. The molecule has 5 nitrogen and oxygen atoms in total. The van der Waals surface area contributed by atoms with Gasteiger partial charge < -0.3 is 15.7 Å². The Hall–Kier alpha value is -1.52. The van der Waals surface area contributed by atoms with Crippen molar-refractivity contribution < 1.29 is 14.7 Å². The monoisotopic (exact) mass is 186 g/mol. The van der Waals surface area contributed by atoms with Crippen molar-refractivity contribution in [3.63, 3.8) is 0 Å². The number of hydrogen-bond acceptors (Lipinski definition) is 2. The third kappa shape index (κ3) is 5.72. The molecular weight excluding hydrogens is 172 g/mol. The summed E-state index contributed by atoms with van der Waals surface area (Å²) in [6.07, 6.45) is 1.15. The Kier molecular flexibility index (Phi) is 5.34. The predicted octanol–water partition coefficient (Wildman–Crippen LogP) is 0.335. The van der Waals surface area contributed by atoms with Gasteiger partial charge in [-0.3, -0.25) is 4.79 Å². The van der Waals surface area contributed by atoms with E-state index in [0.29, 0.717) is 13.0 Å². The summed E-state index contributed by atoms with van der Waals surface area (Å²) in [6, 6.07) is -0.720. The van der Waals surface area contributed by atoms with Gasteiger partial charge in [-0.25, -0.2) is 4.79 Å². The van der Waals surface area contributed by atoms with Crippen molar-refractivity contribution in [2.45, 2.75) is 19.4 Å². The lowest BCUT2D eigenvalue weighted by molar-refractivity contribution is -0.122. The van der Waals surface area contributed by atoms with E-state index in [-0.39, 0.29) is 5.91 Å². The van der Waals surface area contributed by atoms with Crippen LogP contribution in [0.2, 0.25) is 0 Å². The van der Waals surface area contributed by atoms with Gasteiger partial charge in [-0.1, -0.05) is 6.08 Å². The van der Waals surface area contributed by atoms with Gasteiger partial charge in [0.15, 0.2) is 0 Å². The summed E-state index contributed by atoms with van der Waals surface area (Å²) < 4.78 is 0. The maximum atomic E-state index is 11.1. The Morgan fingerprint density at radius 2 is 2.23 bits per heavy atom. The van der Waals surface area contributed by atoms with E-state index in [1.165, 1.54) is 6.92 Å². The molecule has 0 aliphatic carbocycles. The van der Waals surface area contributed by atoms with E-state index < -0.39 is 12.1 Å². The molecule has 74 valence electrons. The summed E-state index contributed by atoms with van der Waals surface area (Å²) in [6.45, 7) is 5.45. The molecule has 0 bridgehead atoms. The SMILES string of the molecule is C=CCCNC(=O)C(C)NC(=O)O. The van der Waals surface area contributed by atoms with Crippen LogP contribution in [0, 0.1) is 0 Å². The van der Waals surface area contributed by atoms with E-state index in [2.05, 4.69) is 11.9 Å². The van der Waals surface area contributed by atoms with Crippen LogP contribution in [0.1, 0.15) is 13.3 Å². The number of carbonyl (C=O) groups excluding carboxylic acids is 1. The lowest BCUT2D eigenvalue weighted by Crippen LogP contribution is -2.44. The number of hydrogen-bond donors (Lipinski definition) is 3. The summed E-state index contributed by atoms with van der Waals surface area (Å²) in [7, 11) is 0. The van der Waals surface area contributed by atoms with Gasteiger partial charge in [0.1, 0.15) is 6.04 Å². The number of carboxylic acid groups (broad SMARTS) is 1. The molecular formula is C8H14N2O3. The summed E-state index contributed by atoms with van der Waals surface area (Å²) in [5.74, 6) is -0.329. The molecule has 0 radical (unpaired) electrons. The topological polar surface area (TPSA) is 78.4 Å². The second kappa shape index (κ2) is 6.05. The number of nitrogens with one attached hydrogen (secondary N) is 2. The first-order valence-corrected chi connectivity index (χ1v) is 3.96. The van der Waals surface area contributed by atoms with Gasteiger partial charge in [0.2, 0.25) is 5.91 Å². The lowest BCUT2D eigenvalue weighted by atomic mass is 10.3. The third-order valence-electron chi connectivity index (χ3n) is 1.38. The van der Waals surface area contributed by atoms with Crippen LogP contribution in [-0.4, -0.2) is 29.7 Å². The molecule has 1 unspecified atom stereocenters. The van der Waals surface area contributed by atoms with Crippen molar-refractivity contribution in [2.75, 3.05) is 6.54 Å². The molecule has 0 aromatic carbocycles. The zero-order chi connectivity index (χ0) is 10.3. The van der Waals surface area contributed by atoms with Crippen LogP contribution in [-0.2, 0) is 4.79 Å². The second-order valence-electron chi connectivity index (χ2n) is 2.54. The Labute approximate surface area is 76.8 Å². The maximum Gasteiger partial charge on any atom is 0.405 e. The average Bonchev–Trinajstić information content (AvgIpc) is 2.03. The van der Waals surface area contributed by atoms with Crippen molar-refractivity contribution in [3.05, 3.63) is 12.7 Å². The molecule has 1 atom stereocenters. The van der Waals surface area contributed by atoms with Crippen LogP contribution in [0.15, 0.2) is 12.7 Å². The Bertz CT molecular complexity index is 204. The molecule has 0 saturated heterocycles. The highest BCUT2D eigenvalue weighted by molar-refractivity contribution is 5.84. The second-order valence-corrected chi connectivity index (χ2v) is 2.54. The van der Waals surface area contributed by atoms with E-state index in [4.69, 9.17) is 5.11 Å². The standard InChI is InChI=1S/C8H14N2O3/c1-3-4-5-9-7(11)6(2)10-8(12)13/h3,6,10H,1,4-5H2,2H3,(H,9,11)(H,12,13). The van der Waals surface area contributed by atoms with Crippen LogP contribution in [0.3, 0.4) is 0 Å². The van der Waals surface area contributed by atoms with Crippen LogP contribution in [0.4, 0.5) is 4.79 Å². The molecule has 0 aliphatic heterocycles. The van der Waals surface area contributed by atoms with Crippen LogP contribution < -0.4 is 10.6 Å². The van der Waals surface area contributed by atoms with E-state index >= 15 is 0 Å². The van der Waals surface area contributed by atoms with Gasteiger partial charge in [-0.15, -0.1) is 6.58 Å². The first-order valence-electron chi connectivity index (χ1n) is 3.96. The lowest BCUT2D eigenvalue weighted by Gasteiger charge is -2.10. The normalized spacial score (nSPS) is 11.5. The van der Waals surface area contributed by atoms with Crippen LogP contribution in [0.25, 0.3) is 0 Å². The Morgan fingerprint density at radius 1 is 1.62 bits per heavy atom. The van der Waals surface area contributed by atoms with Crippen molar-refractivity contribution in [1.29, 1.82) is 0 Å².